The molecule has 0 aliphatic carbocycles. The minimum absolute atomic E-state index is 0.0404. The quantitative estimate of drug-likeness (QED) is 0.805. The Balaban J connectivity index is 1.97. The van der Waals surface area contributed by atoms with Gasteiger partial charge < -0.3 is 15.3 Å². The van der Waals surface area contributed by atoms with Crippen molar-refractivity contribution in [3.8, 4) is 0 Å². The van der Waals surface area contributed by atoms with Crippen molar-refractivity contribution < 1.29 is 9.90 Å². The summed E-state index contributed by atoms with van der Waals surface area (Å²) in [6.07, 6.45) is 2.07. The minimum Gasteiger partial charge on any atom is -0.392 e. The molecule has 5 nitrogen and oxygen atoms in total. The van der Waals surface area contributed by atoms with E-state index in [9.17, 15) is 9.90 Å². The monoisotopic (exact) mass is 333 g/mol. The maximum Gasteiger partial charge on any atom is 0.238 e. The summed E-state index contributed by atoms with van der Waals surface area (Å²) in [6, 6.07) is 6.44. The topological polar surface area (TPSA) is 55.8 Å². The first-order chi connectivity index (χ1) is 11.4. The molecule has 1 unspecified atom stereocenters. The van der Waals surface area contributed by atoms with Gasteiger partial charge in [0.1, 0.15) is 0 Å². The first-order valence-corrected chi connectivity index (χ1v) is 8.94. The summed E-state index contributed by atoms with van der Waals surface area (Å²) in [5.41, 5.74) is 3.18. The molecule has 5 heteroatoms. The summed E-state index contributed by atoms with van der Waals surface area (Å²) < 4.78 is 0. The molecule has 134 valence electrons. The van der Waals surface area contributed by atoms with Gasteiger partial charge in [0, 0.05) is 37.1 Å². The standard InChI is InChI=1S/C19H31N3O2/c1-14(2)22(12-16(4)23)13-19(24)20-18-8-7-17(11-15(18)3)21-9-5-6-10-21/h7-8,11,14,16,23H,5-6,9-10,12-13H2,1-4H3,(H,20,24). The van der Waals surface area contributed by atoms with Gasteiger partial charge in [-0.15, -0.1) is 0 Å². The van der Waals surface area contributed by atoms with Gasteiger partial charge in [0.2, 0.25) is 5.91 Å². The van der Waals surface area contributed by atoms with E-state index >= 15 is 0 Å². The Morgan fingerprint density at radius 3 is 2.50 bits per heavy atom. The van der Waals surface area contributed by atoms with Crippen LogP contribution in [0.4, 0.5) is 11.4 Å². The molecule has 0 bridgehead atoms. The zero-order valence-electron chi connectivity index (χ0n) is 15.4. The van der Waals surface area contributed by atoms with Crippen LogP contribution in [0.3, 0.4) is 0 Å². The van der Waals surface area contributed by atoms with Crippen molar-refractivity contribution in [3.05, 3.63) is 23.8 Å². The average molecular weight is 333 g/mol. The lowest BCUT2D eigenvalue weighted by molar-refractivity contribution is -0.118. The second-order valence-electron chi connectivity index (χ2n) is 7.11. The fourth-order valence-electron chi connectivity index (χ4n) is 3.13. The molecule has 1 amide bonds. The molecule has 0 saturated carbocycles. The number of anilines is 2. The van der Waals surface area contributed by atoms with Crippen molar-refractivity contribution in [2.45, 2.75) is 52.7 Å². The number of hydrogen-bond acceptors (Lipinski definition) is 4. The van der Waals surface area contributed by atoms with Crippen LogP contribution in [0.5, 0.6) is 0 Å². The predicted octanol–water partition coefficient (Wildman–Crippen LogP) is 2.62. The van der Waals surface area contributed by atoms with Crippen molar-refractivity contribution >= 4 is 17.3 Å². The van der Waals surface area contributed by atoms with Gasteiger partial charge in [0.05, 0.1) is 12.6 Å². The molecule has 2 N–H and O–H groups in total. The first-order valence-electron chi connectivity index (χ1n) is 8.94. The molecule has 1 fully saturated rings. The Hall–Kier alpha value is -1.59. The first kappa shape index (κ1) is 18.7. The van der Waals surface area contributed by atoms with Gasteiger partial charge >= 0.3 is 0 Å². The SMILES string of the molecule is Cc1cc(N2CCCC2)ccc1NC(=O)CN(CC(C)O)C(C)C. The smallest absolute Gasteiger partial charge is 0.238 e. The van der Waals surface area contributed by atoms with Gasteiger partial charge in [-0.2, -0.15) is 0 Å². The van der Waals surface area contributed by atoms with E-state index in [-0.39, 0.29) is 18.5 Å². The summed E-state index contributed by atoms with van der Waals surface area (Å²) >= 11 is 0. The molecule has 1 aliphatic heterocycles. The summed E-state index contributed by atoms with van der Waals surface area (Å²) in [7, 11) is 0. The molecule has 0 aromatic heterocycles. The molecule has 0 spiro atoms. The minimum atomic E-state index is -0.443. The number of nitrogens with zero attached hydrogens (tertiary/aromatic N) is 2. The molecule has 1 aliphatic rings. The van der Waals surface area contributed by atoms with Crippen LogP contribution in [0.15, 0.2) is 18.2 Å². The predicted molar refractivity (Wildman–Crippen MR) is 99.6 cm³/mol. The molecule has 2 rings (SSSR count). The Kier molecular flexibility index (Phi) is 6.63. The zero-order chi connectivity index (χ0) is 17.7. The number of aliphatic hydroxyl groups excluding tert-OH is 1. The molecule has 0 radical (unpaired) electrons. The fraction of sp³-hybridized carbons (Fsp3) is 0.632. The molecule has 1 aromatic rings. The third-order valence-electron chi connectivity index (χ3n) is 4.53. The molecular formula is C19H31N3O2. The van der Waals surface area contributed by atoms with Crippen LogP contribution in [0.1, 0.15) is 39.2 Å². The van der Waals surface area contributed by atoms with E-state index in [4.69, 9.17) is 0 Å². The van der Waals surface area contributed by atoms with Crippen molar-refractivity contribution in [1.29, 1.82) is 0 Å². The summed E-state index contributed by atoms with van der Waals surface area (Å²) in [5, 5.41) is 12.6. The highest BCUT2D eigenvalue weighted by molar-refractivity contribution is 5.93. The second-order valence-corrected chi connectivity index (χ2v) is 7.11. The molecule has 1 saturated heterocycles. The summed E-state index contributed by atoms with van der Waals surface area (Å²) in [5.74, 6) is -0.0404. The van der Waals surface area contributed by atoms with Gasteiger partial charge in [-0.3, -0.25) is 9.69 Å². The lowest BCUT2D eigenvalue weighted by Crippen LogP contribution is -2.41. The van der Waals surface area contributed by atoms with E-state index < -0.39 is 6.10 Å². The molecule has 24 heavy (non-hydrogen) atoms. The van der Waals surface area contributed by atoms with Crippen molar-refractivity contribution in [2.75, 3.05) is 36.4 Å². The third kappa shape index (κ3) is 5.21. The summed E-state index contributed by atoms with van der Waals surface area (Å²) in [6.45, 7) is 10.9. The Labute approximate surface area is 145 Å². The number of aryl methyl sites for hydroxylation is 1. The van der Waals surface area contributed by atoms with Crippen LogP contribution in [0.25, 0.3) is 0 Å². The van der Waals surface area contributed by atoms with E-state index in [2.05, 4.69) is 22.3 Å². The lowest BCUT2D eigenvalue weighted by Gasteiger charge is -2.27. The maximum atomic E-state index is 12.4. The van der Waals surface area contributed by atoms with Gasteiger partial charge in [-0.05, 0) is 64.3 Å². The second kappa shape index (κ2) is 8.49. The Bertz CT molecular complexity index is 552. The van der Waals surface area contributed by atoms with Crippen molar-refractivity contribution in [2.24, 2.45) is 0 Å². The largest absolute Gasteiger partial charge is 0.392 e. The highest BCUT2D eigenvalue weighted by Gasteiger charge is 2.17. The van der Waals surface area contributed by atoms with Gasteiger partial charge in [-0.25, -0.2) is 0 Å². The maximum absolute atomic E-state index is 12.4. The Morgan fingerprint density at radius 2 is 1.96 bits per heavy atom. The van der Waals surface area contributed by atoms with E-state index in [1.165, 1.54) is 18.5 Å². The van der Waals surface area contributed by atoms with Gasteiger partial charge in [0.25, 0.3) is 0 Å². The molecule has 1 aromatic carbocycles. The van der Waals surface area contributed by atoms with Crippen LogP contribution in [0, 0.1) is 6.92 Å². The fourth-order valence-corrected chi connectivity index (χ4v) is 3.13. The van der Waals surface area contributed by atoms with E-state index in [0.29, 0.717) is 6.54 Å². The van der Waals surface area contributed by atoms with Crippen molar-refractivity contribution in [3.63, 3.8) is 0 Å². The normalized spacial score (nSPS) is 16.0. The summed E-state index contributed by atoms with van der Waals surface area (Å²) in [4.78, 5) is 16.7. The van der Waals surface area contributed by atoms with Gasteiger partial charge in [-0.1, -0.05) is 0 Å². The number of benzene rings is 1. The number of aliphatic hydroxyl groups is 1. The molecule has 1 heterocycles. The highest BCUT2D eigenvalue weighted by atomic mass is 16.3. The van der Waals surface area contributed by atoms with Crippen LogP contribution in [-0.4, -0.2) is 54.2 Å². The number of carbonyl (C=O) groups is 1. The number of carbonyl (C=O) groups excluding carboxylic acids is 1. The van der Waals surface area contributed by atoms with Crippen LogP contribution >= 0.6 is 0 Å². The Morgan fingerprint density at radius 1 is 1.29 bits per heavy atom. The van der Waals surface area contributed by atoms with Crippen LogP contribution < -0.4 is 10.2 Å². The number of rotatable bonds is 7. The zero-order valence-corrected chi connectivity index (χ0v) is 15.4. The lowest BCUT2D eigenvalue weighted by atomic mass is 10.1. The van der Waals surface area contributed by atoms with E-state index in [0.717, 1.165) is 24.3 Å². The third-order valence-corrected chi connectivity index (χ3v) is 4.53. The van der Waals surface area contributed by atoms with Gasteiger partial charge in [0.15, 0.2) is 0 Å². The number of hydrogen-bond donors (Lipinski definition) is 2. The highest BCUT2D eigenvalue weighted by Crippen LogP contribution is 2.25. The van der Waals surface area contributed by atoms with Crippen molar-refractivity contribution in [1.82, 2.24) is 4.90 Å². The molecule has 1 atom stereocenters. The number of amides is 1. The van der Waals surface area contributed by atoms with Crippen LogP contribution in [-0.2, 0) is 4.79 Å². The average Bonchev–Trinajstić information content (AvgIpc) is 3.02. The van der Waals surface area contributed by atoms with E-state index in [1.807, 2.05) is 31.7 Å². The van der Waals surface area contributed by atoms with Crippen LogP contribution in [0.2, 0.25) is 0 Å². The van der Waals surface area contributed by atoms with E-state index in [1.54, 1.807) is 6.92 Å². The molecular weight excluding hydrogens is 302 g/mol. The number of nitrogens with one attached hydrogen (secondary N) is 1.